The molecule has 2 aromatic carbocycles. The van der Waals surface area contributed by atoms with Crippen molar-refractivity contribution >= 4 is 11.6 Å². The molecule has 1 aliphatic heterocycles. The number of rotatable bonds is 7. The highest BCUT2D eigenvalue weighted by molar-refractivity contribution is 5.73. The first-order chi connectivity index (χ1) is 14.1. The number of hydrogen-bond donors (Lipinski definition) is 1. The molecule has 0 spiro atoms. The predicted octanol–water partition coefficient (Wildman–Crippen LogP) is 5.06. The van der Waals surface area contributed by atoms with Gasteiger partial charge in [-0.2, -0.15) is 0 Å². The van der Waals surface area contributed by atoms with Crippen LogP contribution in [-0.2, 0) is 4.79 Å². The van der Waals surface area contributed by atoms with Crippen LogP contribution in [0, 0.1) is 5.92 Å². The molecule has 0 bridgehead atoms. The summed E-state index contributed by atoms with van der Waals surface area (Å²) in [7, 11) is 0. The molecular formula is C25H32N2O2. The zero-order valence-electron chi connectivity index (χ0n) is 17.6. The topological polar surface area (TPSA) is 41.6 Å². The highest BCUT2D eigenvalue weighted by atomic mass is 16.5. The Balaban J connectivity index is 1.29. The summed E-state index contributed by atoms with van der Waals surface area (Å²) in [4.78, 5) is 13.7. The number of carbonyl (C=O) groups excluding carboxylic acids is 1. The van der Waals surface area contributed by atoms with Crippen LogP contribution in [0.3, 0.4) is 0 Å². The summed E-state index contributed by atoms with van der Waals surface area (Å²) < 4.78 is 5.85. The molecule has 1 saturated carbocycles. The zero-order valence-corrected chi connectivity index (χ0v) is 17.6. The number of nitrogens with zero attached hydrogens (tertiary/aromatic N) is 1. The molecule has 154 valence electrons. The van der Waals surface area contributed by atoms with E-state index >= 15 is 0 Å². The second kappa shape index (κ2) is 8.89. The number of anilines is 1. The van der Waals surface area contributed by atoms with Gasteiger partial charge in [0.25, 0.3) is 0 Å². The zero-order chi connectivity index (χ0) is 20.2. The second-order valence-electron chi connectivity index (χ2n) is 8.60. The molecule has 2 aliphatic rings. The minimum Gasteiger partial charge on any atom is -0.493 e. The van der Waals surface area contributed by atoms with E-state index in [2.05, 4.69) is 58.7 Å². The Hall–Kier alpha value is -2.49. The minimum atomic E-state index is 0.0106. The van der Waals surface area contributed by atoms with Crippen LogP contribution >= 0.6 is 0 Å². The van der Waals surface area contributed by atoms with Gasteiger partial charge in [0, 0.05) is 25.7 Å². The maximum atomic E-state index is 11.2. The lowest BCUT2D eigenvalue weighted by molar-refractivity contribution is -0.119. The number of piperidine rings is 1. The Kier molecular flexibility index (Phi) is 6.08. The standard InChI is InChI=1S/C25H32N2O2/c1-18(26-19(2)28)21-5-7-22(8-6-21)23-13-15-27(16-14-23)24-9-11-25(12-10-24)29-17-20-3-4-20/h5-12,18,20,23H,3-4,13-17H2,1-2H3,(H,26,28)/t18-/m0/s1. The van der Waals surface area contributed by atoms with E-state index in [-0.39, 0.29) is 11.9 Å². The molecule has 29 heavy (non-hydrogen) atoms. The number of ether oxygens (including phenoxy) is 1. The summed E-state index contributed by atoms with van der Waals surface area (Å²) in [6.07, 6.45) is 4.98. The van der Waals surface area contributed by atoms with Crippen LogP contribution in [0.4, 0.5) is 5.69 Å². The summed E-state index contributed by atoms with van der Waals surface area (Å²) in [5.74, 6) is 2.40. The van der Waals surface area contributed by atoms with Crippen LogP contribution in [0.25, 0.3) is 0 Å². The van der Waals surface area contributed by atoms with Crippen molar-refractivity contribution in [1.82, 2.24) is 5.32 Å². The lowest BCUT2D eigenvalue weighted by Gasteiger charge is -2.34. The summed E-state index contributed by atoms with van der Waals surface area (Å²) in [6.45, 7) is 6.62. The Labute approximate surface area is 174 Å². The van der Waals surface area contributed by atoms with E-state index in [1.165, 1.54) is 36.9 Å². The van der Waals surface area contributed by atoms with E-state index in [4.69, 9.17) is 4.74 Å². The van der Waals surface area contributed by atoms with E-state index in [0.717, 1.165) is 36.9 Å². The predicted molar refractivity (Wildman–Crippen MR) is 118 cm³/mol. The normalized spacial score (nSPS) is 18.3. The van der Waals surface area contributed by atoms with Crippen molar-refractivity contribution in [3.05, 3.63) is 59.7 Å². The highest BCUT2D eigenvalue weighted by Crippen LogP contribution is 2.33. The van der Waals surface area contributed by atoms with Gasteiger partial charge >= 0.3 is 0 Å². The van der Waals surface area contributed by atoms with E-state index in [1.807, 2.05) is 6.92 Å². The van der Waals surface area contributed by atoms with Crippen molar-refractivity contribution in [3.8, 4) is 5.75 Å². The molecule has 1 atom stereocenters. The van der Waals surface area contributed by atoms with Crippen LogP contribution < -0.4 is 15.0 Å². The minimum absolute atomic E-state index is 0.0106. The van der Waals surface area contributed by atoms with Gasteiger partial charge in [0.15, 0.2) is 0 Å². The first-order valence-corrected chi connectivity index (χ1v) is 10.9. The molecule has 0 unspecified atom stereocenters. The van der Waals surface area contributed by atoms with Gasteiger partial charge in [-0.05, 0) is 79.8 Å². The van der Waals surface area contributed by atoms with E-state index in [0.29, 0.717) is 5.92 Å². The van der Waals surface area contributed by atoms with E-state index in [9.17, 15) is 4.79 Å². The Bertz CT molecular complexity index is 804. The lowest BCUT2D eigenvalue weighted by atomic mass is 9.88. The van der Waals surface area contributed by atoms with Crippen LogP contribution in [0.1, 0.15) is 62.6 Å². The fourth-order valence-corrected chi connectivity index (χ4v) is 4.17. The molecule has 4 nitrogen and oxygen atoms in total. The quantitative estimate of drug-likeness (QED) is 0.716. The Morgan fingerprint density at radius 2 is 1.69 bits per heavy atom. The molecule has 0 aromatic heterocycles. The maximum absolute atomic E-state index is 11.2. The van der Waals surface area contributed by atoms with Crippen LogP contribution in [0.5, 0.6) is 5.75 Å². The first kappa shape index (κ1) is 19.8. The third-order valence-electron chi connectivity index (χ3n) is 6.21. The van der Waals surface area contributed by atoms with E-state index in [1.54, 1.807) is 6.92 Å². The number of hydrogen-bond acceptors (Lipinski definition) is 3. The third-order valence-corrected chi connectivity index (χ3v) is 6.21. The molecule has 2 fully saturated rings. The van der Waals surface area contributed by atoms with Gasteiger partial charge in [-0.25, -0.2) is 0 Å². The molecule has 4 rings (SSSR count). The van der Waals surface area contributed by atoms with Crippen molar-refractivity contribution in [1.29, 1.82) is 0 Å². The van der Waals surface area contributed by atoms with Gasteiger partial charge in [-0.3, -0.25) is 4.79 Å². The summed E-state index contributed by atoms with van der Waals surface area (Å²) in [5.41, 5.74) is 3.86. The van der Waals surface area contributed by atoms with Crippen molar-refractivity contribution in [2.45, 2.75) is 51.5 Å². The van der Waals surface area contributed by atoms with Gasteiger partial charge in [0.2, 0.25) is 5.91 Å². The molecule has 4 heteroatoms. The summed E-state index contributed by atoms with van der Waals surface area (Å²) in [5, 5.41) is 2.95. The molecule has 1 amide bonds. The van der Waals surface area contributed by atoms with Gasteiger partial charge in [-0.15, -0.1) is 0 Å². The summed E-state index contributed by atoms with van der Waals surface area (Å²) >= 11 is 0. The molecule has 1 aliphatic carbocycles. The van der Waals surface area contributed by atoms with Crippen molar-refractivity contribution in [2.75, 3.05) is 24.6 Å². The van der Waals surface area contributed by atoms with Gasteiger partial charge in [-0.1, -0.05) is 24.3 Å². The van der Waals surface area contributed by atoms with Crippen LogP contribution in [0.15, 0.2) is 48.5 Å². The average molecular weight is 393 g/mol. The van der Waals surface area contributed by atoms with Crippen molar-refractivity contribution in [3.63, 3.8) is 0 Å². The summed E-state index contributed by atoms with van der Waals surface area (Å²) in [6, 6.07) is 17.4. The number of nitrogens with one attached hydrogen (secondary N) is 1. The molecule has 1 heterocycles. The second-order valence-corrected chi connectivity index (χ2v) is 8.60. The Morgan fingerprint density at radius 1 is 1.03 bits per heavy atom. The molecule has 1 N–H and O–H groups in total. The number of amides is 1. The SMILES string of the molecule is CC(=O)N[C@@H](C)c1ccc(C2CCN(c3ccc(OCC4CC4)cc3)CC2)cc1. The van der Waals surface area contributed by atoms with Crippen LogP contribution in [0.2, 0.25) is 0 Å². The maximum Gasteiger partial charge on any atom is 0.217 e. The average Bonchev–Trinajstić information content (AvgIpc) is 3.57. The fourth-order valence-electron chi connectivity index (χ4n) is 4.17. The smallest absolute Gasteiger partial charge is 0.217 e. The van der Waals surface area contributed by atoms with Gasteiger partial charge in [0.1, 0.15) is 5.75 Å². The van der Waals surface area contributed by atoms with Gasteiger partial charge < -0.3 is 15.0 Å². The fraction of sp³-hybridized carbons (Fsp3) is 0.480. The first-order valence-electron chi connectivity index (χ1n) is 10.9. The third kappa shape index (κ3) is 5.31. The molecule has 0 radical (unpaired) electrons. The molecule has 1 saturated heterocycles. The lowest BCUT2D eigenvalue weighted by Crippen LogP contribution is -2.32. The monoisotopic (exact) mass is 392 g/mol. The largest absolute Gasteiger partial charge is 0.493 e. The number of benzene rings is 2. The highest BCUT2D eigenvalue weighted by Gasteiger charge is 2.23. The van der Waals surface area contributed by atoms with Crippen molar-refractivity contribution in [2.24, 2.45) is 5.92 Å². The number of carbonyl (C=O) groups is 1. The van der Waals surface area contributed by atoms with Crippen molar-refractivity contribution < 1.29 is 9.53 Å². The van der Waals surface area contributed by atoms with Gasteiger partial charge in [0.05, 0.1) is 12.6 Å². The van der Waals surface area contributed by atoms with Crippen LogP contribution in [-0.4, -0.2) is 25.6 Å². The van der Waals surface area contributed by atoms with E-state index < -0.39 is 0 Å². The molecule has 2 aromatic rings. The Morgan fingerprint density at radius 3 is 2.28 bits per heavy atom. The molecular weight excluding hydrogens is 360 g/mol.